The molecule has 1 aliphatic rings. The largest absolute Gasteiger partial charge is 0.490 e. The second-order valence-electron chi connectivity index (χ2n) is 6.74. The standard InChI is InChI=1S/C22H18BrClN2O7/c1-3-5-19(27)32-20-15(23)8-12(10-18(20)31-4-2)9-17-22(28)33-21(25-17)14-11-13(26(29)30)6-7-16(14)24/h6-11H,3-5H2,1-2H3/b17-9-. The third-order valence-corrected chi connectivity index (χ3v) is 5.24. The molecule has 0 spiro atoms. The van der Waals surface area contributed by atoms with E-state index in [4.69, 9.17) is 25.8 Å². The van der Waals surface area contributed by atoms with E-state index >= 15 is 0 Å². The van der Waals surface area contributed by atoms with Gasteiger partial charge in [-0.25, -0.2) is 9.79 Å². The number of hydrogen-bond donors (Lipinski definition) is 0. The second kappa shape index (κ2) is 10.6. The van der Waals surface area contributed by atoms with Crippen molar-refractivity contribution in [2.75, 3.05) is 6.61 Å². The number of nitro benzene ring substituents is 1. The fourth-order valence-corrected chi connectivity index (χ4v) is 3.61. The lowest BCUT2D eigenvalue weighted by Gasteiger charge is -2.13. The van der Waals surface area contributed by atoms with Crippen LogP contribution in [0.25, 0.3) is 6.08 Å². The van der Waals surface area contributed by atoms with Crippen LogP contribution in [0, 0.1) is 10.1 Å². The number of rotatable bonds is 8. The maximum atomic E-state index is 12.4. The van der Waals surface area contributed by atoms with Gasteiger partial charge in [0.05, 0.1) is 26.6 Å². The number of ether oxygens (including phenoxy) is 3. The summed E-state index contributed by atoms with van der Waals surface area (Å²) in [5.74, 6) is -0.749. The highest BCUT2D eigenvalue weighted by Gasteiger charge is 2.27. The van der Waals surface area contributed by atoms with Gasteiger partial charge in [0.25, 0.3) is 5.69 Å². The van der Waals surface area contributed by atoms with Gasteiger partial charge in [0, 0.05) is 18.6 Å². The zero-order valence-corrected chi connectivity index (χ0v) is 19.9. The van der Waals surface area contributed by atoms with Crippen molar-refractivity contribution in [3.05, 3.63) is 66.8 Å². The molecule has 0 saturated heterocycles. The summed E-state index contributed by atoms with van der Waals surface area (Å²) in [5, 5.41) is 11.2. The molecule has 0 N–H and O–H groups in total. The highest BCUT2D eigenvalue weighted by molar-refractivity contribution is 9.10. The zero-order valence-electron chi connectivity index (χ0n) is 17.6. The molecule has 0 saturated carbocycles. The molecule has 11 heteroatoms. The van der Waals surface area contributed by atoms with E-state index in [-0.39, 0.29) is 40.0 Å². The minimum Gasteiger partial charge on any atom is -0.490 e. The van der Waals surface area contributed by atoms with Crippen molar-refractivity contribution >= 4 is 57.1 Å². The fraction of sp³-hybridized carbons (Fsp3) is 0.227. The van der Waals surface area contributed by atoms with Gasteiger partial charge in [-0.2, -0.15) is 0 Å². The number of carbonyl (C=O) groups excluding carboxylic acids is 2. The van der Waals surface area contributed by atoms with E-state index in [0.29, 0.717) is 28.8 Å². The van der Waals surface area contributed by atoms with Crippen molar-refractivity contribution in [3.63, 3.8) is 0 Å². The molecular weight excluding hydrogens is 520 g/mol. The molecular formula is C22H18BrClN2O7. The van der Waals surface area contributed by atoms with E-state index in [9.17, 15) is 19.7 Å². The SMILES string of the molecule is CCCC(=O)Oc1c(Br)cc(/C=C2\N=C(c3cc([N+](=O)[O-])ccc3Cl)OC2=O)cc1OCC. The Hall–Kier alpha value is -3.24. The van der Waals surface area contributed by atoms with E-state index in [1.165, 1.54) is 24.3 Å². The number of benzene rings is 2. The minimum atomic E-state index is -0.750. The molecule has 0 aromatic heterocycles. The number of aliphatic imine (C=N–C) groups is 1. The van der Waals surface area contributed by atoms with Crippen LogP contribution in [0.1, 0.15) is 37.8 Å². The van der Waals surface area contributed by atoms with Crippen molar-refractivity contribution < 1.29 is 28.7 Å². The van der Waals surface area contributed by atoms with Crippen LogP contribution in [-0.2, 0) is 14.3 Å². The van der Waals surface area contributed by atoms with Crippen molar-refractivity contribution in [3.8, 4) is 11.5 Å². The molecule has 0 fully saturated rings. The Morgan fingerprint density at radius 1 is 1.30 bits per heavy atom. The summed E-state index contributed by atoms with van der Waals surface area (Å²) in [6.07, 6.45) is 2.35. The lowest BCUT2D eigenvalue weighted by atomic mass is 10.1. The third-order valence-electron chi connectivity index (χ3n) is 4.32. The average molecular weight is 538 g/mol. The molecule has 0 unspecified atom stereocenters. The fourth-order valence-electron chi connectivity index (χ4n) is 2.88. The van der Waals surface area contributed by atoms with E-state index in [2.05, 4.69) is 20.9 Å². The van der Waals surface area contributed by atoms with Crippen molar-refractivity contribution in [1.82, 2.24) is 0 Å². The van der Waals surface area contributed by atoms with Crippen LogP contribution in [0.3, 0.4) is 0 Å². The van der Waals surface area contributed by atoms with Crippen molar-refractivity contribution in [1.29, 1.82) is 0 Å². The molecule has 172 valence electrons. The first-order valence-electron chi connectivity index (χ1n) is 9.87. The first-order valence-corrected chi connectivity index (χ1v) is 11.0. The summed E-state index contributed by atoms with van der Waals surface area (Å²) in [5.41, 5.74) is 0.376. The summed E-state index contributed by atoms with van der Waals surface area (Å²) in [4.78, 5) is 38.9. The Balaban J connectivity index is 1.98. The number of hydrogen-bond acceptors (Lipinski definition) is 8. The molecule has 2 aromatic carbocycles. The van der Waals surface area contributed by atoms with E-state index in [1.54, 1.807) is 19.1 Å². The average Bonchev–Trinajstić information content (AvgIpc) is 3.11. The first kappa shape index (κ1) is 24.4. The normalized spacial score (nSPS) is 14.1. The zero-order chi connectivity index (χ0) is 24.1. The van der Waals surface area contributed by atoms with Gasteiger partial charge in [-0.15, -0.1) is 0 Å². The summed E-state index contributed by atoms with van der Waals surface area (Å²) >= 11 is 9.49. The lowest BCUT2D eigenvalue weighted by Crippen LogP contribution is -2.09. The topological polar surface area (TPSA) is 117 Å². The highest BCUT2D eigenvalue weighted by Crippen LogP contribution is 2.38. The van der Waals surface area contributed by atoms with Crippen LogP contribution in [0.4, 0.5) is 5.69 Å². The lowest BCUT2D eigenvalue weighted by molar-refractivity contribution is -0.384. The summed E-state index contributed by atoms with van der Waals surface area (Å²) in [6.45, 7) is 3.97. The maximum absolute atomic E-state index is 12.4. The van der Waals surface area contributed by atoms with Gasteiger partial charge >= 0.3 is 11.9 Å². The molecule has 0 radical (unpaired) electrons. The Morgan fingerprint density at radius 2 is 2.06 bits per heavy atom. The van der Waals surface area contributed by atoms with Crippen LogP contribution in [0.5, 0.6) is 11.5 Å². The van der Waals surface area contributed by atoms with E-state index in [1.807, 2.05) is 6.92 Å². The van der Waals surface area contributed by atoms with Gasteiger partial charge < -0.3 is 14.2 Å². The maximum Gasteiger partial charge on any atom is 0.363 e. The van der Waals surface area contributed by atoms with Crippen LogP contribution >= 0.6 is 27.5 Å². The van der Waals surface area contributed by atoms with Crippen molar-refractivity contribution in [2.45, 2.75) is 26.7 Å². The van der Waals surface area contributed by atoms with Gasteiger partial charge in [0.15, 0.2) is 17.2 Å². The Bertz CT molecular complexity index is 1190. The Labute approximate surface area is 202 Å². The molecule has 0 atom stereocenters. The quantitative estimate of drug-likeness (QED) is 0.144. The van der Waals surface area contributed by atoms with E-state index < -0.39 is 16.9 Å². The van der Waals surface area contributed by atoms with Crippen molar-refractivity contribution in [2.24, 2.45) is 4.99 Å². The summed E-state index contributed by atoms with van der Waals surface area (Å²) < 4.78 is 16.6. The number of nitrogens with zero attached hydrogens (tertiary/aromatic N) is 2. The summed E-state index contributed by atoms with van der Waals surface area (Å²) in [6, 6.07) is 6.97. The third kappa shape index (κ3) is 5.77. The predicted octanol–water partition coefficient (Wildman–Crippen LogP) is 5.46. The van der Waals surface area contributed by atoms with E-state index in [0.717, 1.165) is 0 Å². The Kier molecular flexibility index (Phi) is 7.83. The molecule has 0 bridgehead atoms. The number of esters is 2. The molecule has 1 heterocycles. The number of carbonyl (C=O) groups is 2. The smallest absolute Gasteiger partial charge is 0.363 e. The van der Waals surface area contributed by atoms with Crippen LogP contribution in [0.2, 0.25) is 5.02 Å². The van der Waals surface area contributed by atoms with Gasteiger partial charge in [-0.3, -0.25) is 14.9 Å². The first-order chi connectivity index (χ1) is 15.7. The molecule has 0 aliphatic carbocycles. The molecule has 3 rings (SSSR count). The highest BCUT2D eigenvalue weighted by atomic mass is 79.9. The number of non-ortho nitro benzene ring substituents is 1. The molecule has 1 aliphatic heterocycles. The van der Waals surface area contributed by atoms with Crippen LogP contribution in [-0.4, -0.2) is 29.4 Å². The second-order valence-corrected chi connectivity index (χ2v) is 8.01. The van der Waals surface area contributed by atoms with Gasteiger partial charge in [-0.1, -0.05) is 18.5 Å². The monoisotopic (exact) mass is 536 g/mol. The summed E-state index contributed by atoms with van der Waals surface area (Å²) in [7, 11) is 0. The molecule has 9 nitrogen and oxygen atoms in total. The molecule has 33 heavy (non-hydrogen) atoms. The van der Waals surface area contributed by atoms with Crippen LogP contribution < -0.4 is 9.47 Å². The van der Waals surface area contributed by atoms with Gasteiger partial charge in [0.1, 0.15) is 0 Å². The van der Waals surface area contributed by atoms with Crippen LogP contribution in [0.15, 0.2) is 45.5 Å². The molecule has 0 amide bonds. The number of halogens is 2. The van der Waals surface area contributed by atoms with Gasteiger partial charge in [0.2, 0.25) is 5.90 Å². The molecule has 2 aromatic rings. The minimum absolute atomic E-state index is 0.0438. The predicted molar refractivity (Wildman–Crippen MR) is 125 cm³/mol. The van der Waals surface area contributed by atoms with Gasteiger partial charge in [-0.05, 0) is 59.1 Å². The number of nitro groups is 1. The Morgan fingerprint density at radius 3 is 2.73 bits per heavy atom. The number of cyclic esters (lactones) is 1.